The van der Waals surface area contributed by atoms with Crippen LogP contribution < -0.4 is 9.44 Å². The van der Waals surface area contributed by atoms with Crippen LogP contribution >= 0.6 is 11.6 Å². The fourth-order valence-corrected chi connectivity index (χ4v) is 5.14. The monoisotopic (exact) mass is 504 g/mol. The highest BCUT2D eigenvalue weighted by molar-refractivity contribution is 7.93. The van der Waals surface area contributed by atoms with Crippen LogP contribution in [0.15, 0.2) is 76.5 Å². The summed E-state index contributed by atoms with van der Waals surface area (Å²) in [4.78, 5) is -0.718. The van der Waals surface area contributed by atoms with Gasteiger partial charge in [0.05, 0.1) is 26.7 Å². The highest BCUT2D eigenvalue weighted by Gasteiger charge is 2.34. The number of sulfonamides is 2. The van der Waals surface area contributed by atoms with E-state index in [1.807, 2.05) is 0 Å². The molecule has 2 N–H and O–H groups in total. The normalized spacial score (nSPS) is 12.4. The molecule has 0 aliphatic heterocycles. The number of nitrogens with one attached hydrogen (secondary N) is 2. The second-order valence-electron chi connectivity index (χ2n) is 6.69. The maximum atomic E-state index is 13.2. The second-order valence-corrected chi connectivity index (χ2v) is 10.5. The number of aryl methyl sites for hydroxylation is 1. The zero-order chi connectivity index (χ0) is 23.7. The smallest absolute Gasteiger partial charge is 0.277 e. The first kappa shape index (κ1) is 23.9. The van der Waals surface area contributed by atoms with E-state index in [9.17, 15) is 30.0 Å². The van der Waals surface area contributed by atoms with Crippen LogP contribution in [0.25, 0.3) is 0 Å². The van der Waals surface area contributed by atoms with E-state index in [4.69, 9.17) is 11.6 Å². The lowest BCUT2D eigenvalue weighted by Crippen LogP contribution is -2.18. The molecule has 0 fully saturated rings. The van der Waals surface area contributed by atoms with Crippen molar-refractivity contribution in [2.75, 3.05) is 9.44 Å². The Kier molecular flexibility index (Phi) is 6.45. The molecule has 0 aromatic heterocycles. The molecule has 6 nitrogen and oxygen atoms in total. The average molecular weight is 505 g/mol. The Morgan fingerprint density at radius 3 is 1.97 bits per heavy atom. The number of hydrogen-bond donors (Lipinski definition) is 2. The Morgan fingerprint density at radius 2 is 1.34 bits per heavy atom. The molecule has 0 aliphatic rings. The molecule has 32 heavy (non-hydrogen) atoms. The number of benzene rings is 3. The second kappa shape index (κ2) is 8.64. The van der Waals surface area contributed by atoms with Gasteiger partial charge in [-0.25, -0.2) is 16.8 Å². The number of rotatable bonds is 6. The number of anilines is 2. The number of hydrogen-bond acceptors (Lipinski definition) is 4. The van der Waals surface area contributed by atoms with Crippen molar-refractivity contribution >= 4 is 43.0 Å². The van der Waals surface area contributed by atoms with Crippen LogP contribution in [-0.2, 0) is 26.2 Å². The first-order valence-corrected chi connectivity index (χ1v) is 12.2. The zero-order valence-electron chi connectivity index (χ0n) is 16.3. The molecule has 12 heteroatoms. The lowest BCUT2D eigenvalue weighted by atomic mass is 10.1. The third kappa shape index (κ3) is 5.34. The first-order chi connectivity index (χ1) is 14.8. The van der Waals surface area contributed by atoms with Gasteiger partial charge in [-0.05, 0) is 55.0 Å². The minimum atomic E-state index is -4.75. The van der Waals surface area contributed by atoms with E-state index in [0.717, 1.165) is 18.2 Å². The quantitative estimate of drug-likeness (QED) is 0.478. The van der Waals surface area contributed by atoms with E-state index in [2.05, 4.69) is 9.44 Å². The molecule has 0 atom stereocenters. The van der Waals surface area contributed by atoms with Gasteiger partial charge in [0, 0.05) is 5.02 Å². The number of halogens is 4. The van der Waals surface area contributed by atoms with Gasteiger partial charge in [-0.15, -0.1) is 0 Å². The molecule has 0 saturated carbocycles. The average Bonchev–Trinajstić information content (AvgIpc) is 2.69. The summed E-state index contributed by atoms with van der Waals surface area (Å²) in [6.45, 7) is 1.21. The third-order valence-corrected chi connectivity index (χ3v) is 7.33. The summed E-state index contributed by atoms with van der Waals surface area (Å²) in [6, 6.07) is 13.6. The highest BCUT2D eigenvalue weighted by Crippen LogP contribution is 2.35. The van der Waals surface area contributed by atoms with Gasteiger partial charge in [0.2, 0.25) is 0 Å². The van der Waals surface area contributed by atoms with Crippen LogP contribution in [0.1, 0.15) is 11.1 Å². The van der Waals surface area contributed by atoms with Gasteiger partial charge in [-0.3, -0.25) is 9.44 Å². The standard InChI is InChI=1S/C20H16ClF3N2O4S2/c1-13-7-9-16(12-17(13)20(22,23)24)32(29,30)26-19-11-14(21)8-10-18(19)25-31(27,28)15-5-3-2-4-6-15/h2-12,25-26H,1H3. The summed E-state index contributed by atoms with van der Waals surface area (Å²) in [6.07, 6.45) is -4.75. The van der Waals surface area contributed by atoms with Crippen LogP contribution in [0.4, 0.5) is 24.5 Å². The van der Waals surface area contributed by atoms with Crippen LogP contribution in [0.3, 0.4) is 0 Å². The topological polar surface area (TPSA) is 92.3 Å². The molecule has 3 aromatic carbocycles. The highest BCUT2D eigenvalue weighted by atomic mass is 35.5. The van der Waals surface area contributed by atoms with Crippen molar-refractivity contribution in [2.24, 2.45) is 0 Å². The molecule has 3 rings (SSSR count). The SMILES string of the molecule is Cc1ccc(S(=O)(=O)Nc2cc(Cl)ccc2NS(=O)(=O)c2ccccc2)cc1C(F)(F)F. The summed E-state index contributed by atoms with van der Waals surface area (Å²) >= 11 is 5.92. The number of alkyl halides is 3. The van der Waals surface area contributed by atoms with Crippen LogP contribution in [0.2, 0.25) is 5.02 Å². The summed E-state index contributed by atoms with van der Waals surface area (Å²) in [5, 5.41) is 0.0743. The third-order valence-electron chi connectivity index (χ3n) is 4.35. The van der Waals surface area contributed by atoms with Gasteiger partial charge < -0.3 is 0 Å². The maximum Gasteiger partial charge on any atom is 0.416 e. The molecule has 0 radical (unpaired) electrons. The molecule has 0 spiro atoms. The summed E-state index contributed by atoms with van der Waals surface area (Å²) < 4.78 is 94.8. The predicted octanol–water partition coefficient (Wildman–Crippen LogP) is 5.27. The van der Waals surface area contributed by atoms with Crippen LogP contribution in [-0.4, -0.2) is 16.8 Å². The molecular weight excluding hydrogens is 489 g/mol. The molecule has 0 saturated heterocycles. The lowest BCUT2D eigenvalue weighted by Gasteiger charge is -2.16. The predicted molar refractivity (Wildman–Crippen MR) is 116 cm³/mol. The van der Waals surface area contributed by atoms with E-state index < -0.39 is 36.7 Å². The first-order valence-electron chi connectivity index (χ1n) is 8.88. The van der Waals surface area contributed by atoms with E-state index in [1.54, 1.807) is 6.07 Å². The van der Waals surface area contributed by atoms with Crippen molar-refractivity contribution in [1.29, 1.82) is 0 Å². The Balaban J connectivity index is 2.00. The molecule has 0 bridgehead atoms. The van der Waals surface area contributed by atoms with Gasteiger partial charge in [0.15, 0.2) is 0 Å². The van der Waals surface area contributed by atoms with Gasteiger partial charge in [0.25, 0.3) is 20.0 Å². The summed E-state index contributed by atoms with van der Waals surface area (Å²) in [7, 11) is -8.59. The molecule has 0 unspecified atom stereocenters. The van der Waals surface area contributed by atoms with Gasteiger partial charge >= 0.3 is 6.18 Å². The van der Waals surface area contributed by atoms with E-state index in [1.165, 1.54) is 43.3 Å². The van der Waals surface area contributed by atoms with Crippen molar-refractivity contribution in [1.82, 2.24) is 0 Å². The van der Waals surface area contributed by atoms with E-state index in [0.29, 0.717) is 6.07 Å². The maximum absolute atomic E-state index is 13.2. The molecule has 0 amide bonds. The fraction of sp³-hybridized carbons (Fsp3) is 0.100. The summed E-state index contributed by atoms with van der Waals surface area (Å²) in [5.74, 6) is 0. The van der Waals surface area contributed by atoms with Crippen LogP contribution in [0.5, 0.6) is 0 Å². The molecule has 3 aromatic rings. The molecule has 170 valence electrons. The lowest BCUT2D eigenvalue weighted by molar-refractivity contribution is -0.138. The minimum Gasteiger partial charge on any atom is -0.277 e. The Morgan fingerprint density at radius 1 is 0.750 bits per heavy atom. The van der Waals surface area contributed by atoms with E-state index in [-0.39, 0.29) is 26.9 Å². The van der Waals surface area contributed by atoms with Crippen molar-refractivity contribution < 1.29 is 30.0 Å². The Labute approximate surface area is 188 Å². The van der Waals surface area contributed by atoms with Gasteiger partial charge in [0.1, 0.15) is 0 Å². The van der Waals surface area contributed by atoms with E-state index >= 15 is 0 Å². The van der Waals surface area contributed by atoms with Crippen molar-refractivity contribution in [3.05, 3.63) is 82.9 Å². The Hall–Kier alpha value is -2.76. The largest absolute Gasteiger partial charge is 0.416 e. The minimum absolute atomic E-state index is 0.0721. The van der Waals surface area contributed by atoms with Crippen LogP contribution in [0, 0.1) is 6.92 Å². The summed E-state index contributed by atoms with van der Waals surface area (Å²) in [5.41, 5.74) is -1.66. The van der Waals surface area contributed by atoms with Crippen molar-refractivity contribution in [3.63, 3.8) is 0 Å². The molecular formula is C20H16ClF3N2O4S2. The van der Waals surface area contributed by atoms with Crippen molar-refractivity contribution in [2.45, 2.75) is 22.9 Å². The fourth-order valence-electron chi connectivity index (χ4n) is 2.77. The van der Waals surface area contributed by atoms with Gasteiger partial charge in [-0.1, -0.05) is 35.9 Å². The van der Waals surface area contributed by atoms with Gasteiger partial charge in [-0.2, -0.15) is 13.2 Å². The molecule has 0 aliphatic carbocycles. The van der Waals surface area contributed by atoms with Crippen molar-refractivity contribution in [3.8, 4) is 0 Å². The zero-order valence-corrected chi connectivity index (χ0v) is 18.7. The Bertz CT molecular complexity index is 1360. The molecule has 0 heterocycles.